The Kier molecular flexibility index (Phi) is 3.68. The minimum atomic E-state index is -0.150. The van der Waals surface area contributed by atoms with Crippen LogP contribution in [0.5, 0.6) is 0 Å². The van der Waals surface area contributed by atoms with Crippen LogP contribution >= 0.6 is 11.5 Å². The molecule has 0 atom stereocenters. The number of amides is 1. The maximum atomic E-state index is 10.4. The molecule has 8 heteroatoms. The molecule has 0 unspecified atom stereocenters. The standard InChI is InChI=1S/C6H5N4O3S/c1-13-9-4(2-11)5-8-6(7-3-12)14-10-5/h3H,1H3,(H,7,8,10,12). The van der Waals surface area contributed by atoms with Crippen molar-refractivity contribution in [2.75, 3.05) is 12.4 Å². The second kappa shape index (κ2) is 5.02. The summed E-state index contributed by atoms with van der Waals surface area (Å²) in [5, 5.41) is 5.90. The fourth-order valence-corrected chi connectivity index (χ4v) is 1.15. The van der Waals surface area contributed by atoms with E-state index in [1.54, 1.807) is 0 Å². The van der Waals surface area contributed by atoms with E-state index >= 15 is 0 Å². The van der Waals surface area contributed by atoms with Crippen molar-refractivity contribution in [2.45, 2.75) is 0 Å². The van der Waals surface area contributed by atoms with E-state index in [0.29, 0.717) is 6.41 Å². The molecule has 1 heterocycles. The van der Waals surface area contributed by atoms with Crippen LogP contribution in [0.3, 0.4) is 0 Å². The van der Waals surface area contributed by atoms with Gasteiger partial charge in [0.25, 0.3) is 6.29 Å². The molecule has 0 bridgehead atoms. The molecule has 7 nitrogen and oxygen atoms in total. The number of carbonyl (C=O) groups excluding carboxylic acids is 2. The molecule has 1 radical (unpaired) electrons. The Morgan fingerprint density at radius 3 is 3.14 bits per heavy atom. The summed E-state index contributed by atoms with van der Waals surface area (Å²) in [5.41, 5.74) is -0.150. The largest absolute Gasteiger partial charge is 0.398 e. The average Bonchev–Trinajstić information content (AvgIpc) is 2.63. The molecular formula is C6H5N4O3S. The number of hydrogen-bond acceptors (Lipinski definition) is 7. The molecule has 0 aliphatic rings. The molecule has 0 spiro atoms. The highest BCUT2D eigenvalue weighted by molar-refractivity contribution is 7.10. The summed E-state index contributed by atoms with van der Waals surface area (Å²) in [5.74, 6) is 0.0659. The summed E-state index contributed by atoms with van der Waals surface area (Å²) in [6.07, 6.45) is 1.98. The van der Waals surface area contributed by atoms with Gasteiger partial charge in [0.1, 0.15) is 7.11 Å². The van der Waals surface area contributed by atoms with Crippen molar-refractivity contribution in [3.8, 4) is 0 Å². The lowest BCUT2D eigenvalue weighted by Gasteiger charge is -1.89. The van der Waals surface area contributed by atoms with Gasteiger partial charge >= 0.3 is 0 Å². The van der Waals surface area contributed by atoms with E-state index in [9.17, 15) is 9.59 Å². The number of carbonyl (C=O) groups is 1. The topological polar surface area (TPSA) is 93.5 Å². The molecule has 0 fully saturated rings. The highest BCUT2D eigenvalue weighted by Gasteiger charge is 2.11. The molecule has 1 N–H and O–H groups in total. The van der Waals surface area contributed by atoms with Gasteiger partial charge in [0.05, 0.1) is 0 Å². The molecular weight excluding hydrogens is 208 g/mol. The maximum absolute atomic E-state index is 10.4. The van der Waals surface area contributed by atoms with Crippen molar-refractivity contribution >= 4 is 35.1 Å². The molecule has 0 aromatic carbocycles. The smallest absolute Gasteiger partial charge is 0.261 e. The number of anilines is 1. The first-order valence-electron chi connectivity index (χ1n) is 3.35. The summed E-state index contributed by atoms with van der Waals surface area (Å²) in [4.78, 5) is 28.6. The van der Waals surface area contributed by atoms with Gasteiger partial charge in [-0.3, -0.25) is 9.59 Å². The summed E-state index contributed by atoms with van der Waals surface area (Å²) in [6, 6.07) is 0. The molecule has 0 aliphatic carbocycles. The van der Waals surface area contributed by atoms with E-state index in [0.717, 1.165) is 11.5 Å². The van der Waals surface area contributed by atoms with Crippen LogP contribution in [0.15, 0.2) is 5.16 Å². The number of nitrogens with one attached hydrogen (secondary N) is 1. The Labute approximate surface area is 82.9 Å². The summed E-state index contributed by atoms with van der Waals surface area (Å²) >= 11 is 0.925. The zero-order chi connectivity index (χ0) is 10.4. The van der Waals surface area contributed by atoms with Crippen LogP contribution in [-0.2, 0) is 14.4 Å². The third-order valence-electron chi connectivity index (χ3n) is 1.10. The maximum Gasteiger partial charge on any atom is 0.261 e. The molecule has 0 saturated carbocycles. The van der Waals surface area contributed by atoms with Crippen LogP contribution in [0, 0.1) is 0 Å². The van der Waals surface area contributed by atoms with Crippen molar-refractivity contribution in [1.82, 2.24) is 9.36 Å². The van der Waals surface area contributed by atoms with Crippen molar-refractivity contribution in [3.05, 3.63) is 5.82 Å². The Bertz CT molecular complexity index is 362. The number of rotatable bonds is 5. The molecule has 1 amide bonds. The molecule has 1 aromatic heterocycles. The predicted molar refractivity (Wildman–Crippen MR) is 48.8 cm³/mol. The van der Waals surface area contributed by atoms with E-state index in [-0.39, 0.29) is 16.7 Å². The minimum Gasteiger partial charge on any atom is -0.398 e. The van der Waals surface area contributed by atoms with Crippen LogP contribution < -0.4 is 5.32 Å². The van der Waals surface area contributed by atoms with Gasteiger partial charge in [0.15, 0.2) is 5.71 Å². The first-order chi connectivity index (χ1) is 6.81. The summed E-state index contributed by atoms with van der Waals surface area (Å²) < 4.78 is 3.76. The number of oxime groups is 1. The number of hydrogen-bond donors (Lipinski definition) is 1. The van der Waals surface area contributed by atoms with Gasteiger partial charge in [0, 0.05) is 11.5 Å². The van der Waals surface area contributed by atoms with Crippen LogP contribution in [-0.4, -0.2) is 34.9 Å². The van der Waals surface area contributed by atoms with Gasteiger partial charge in [0.2, 0.25) is 17.4 Å². The summed E-state index contributed by atoms with van der Waals surface area (Å²) in [7, 11) is 1.29. The monoisotopic (exact) mass is 213 g/mol. The lowest BCUT2D eigenvalue weighted by molar-refractivity contribution is -0.105. The Balaban J connectivity index is 2.88. The third kappa shape index (κ3) is 2.33. The molecule has 0 saturated heterocycles. The van der Waals surface area contributed by atoms with Gasteiger partial charge in [-0.2, -0.15) is 9.36 Å². The van der Waals surface area contributed by atoms with E-state index in [1.165, 1.54) is 13.4 Å². The highest BCUT2D eigenvalue weighted by atomic mass is 32.1. The van der Waals surface area contributed by atoms with Crippen LogP contribution in [0.25, 0.3) is 0 Å². The zero-order valence-electron chi connectivity index (χ0n) is 7.05. The third-order valence-corrected chi connectivity index (χ3v) is 1.75. The fourth-order valence-electron chi connectivity index (χ4n) is 0.625. The lowest BCUT2D eigenvalue weighted by Crippen LogP contribution is -2.05. The van der Waals surface area contributed by atoms with Crippen molar-refractivity contribution in [2.24, 2.45) is 5.16 Å². The highest BCUT2D eigenvalue weighted by Crippen LogP contribution is 2.09. The van der Waals surface area contributed by atoms with Gasteiger partial charge in [-0.15, -0.1) is 0 Å². The first-order valence-corrected chi connectivity index (χ1v) is 4.12. The second-order valence-electron chi connectivity index (χ2n) is 1.91. The predicted octanol–water partition coefficient (Wildman–Crippen LogP) is -0.433. The number of nitrogens with zero attached hydrogens (tertiary/aromatic N) is 3. The molecule has 1 rings (SSSR count). The Morgan fingerprint density at radius 1 is 1.79 bits per heavy atom. The number of aromatic nitrogens is 2. The van der Waals surface area contributed by atoms with Crippen molar-refractivity contribution < 1.29 is 14.4 Å². The zero-order valence-corrected chi connectivity index (χ0v) is 7.87. The van der Waals surface area contributed by atoms with Crippen molar-refractivity contribution in [1.29, 1.82) is 0 Å². The molecule has 1 aromatic rings. The van der Waals surface area contributed by atoms with Crippen LogP contribution in [0.4, 0.5) is 5.13 Å². The normalized spacial score (nSPS) is 10.8. The Hall–Kier alpha value is -1.83. The summed E-state index contributed by atoms with van der Waals surface area (Å²) in [6.45, 7) is 0. The van der Waals surface area contributed by atoms with Crippen molar-refractivity contribution in [3.63, 3.8) is 0 Å². The fraction of sp³-hybridized carbons (Fsp3) is 0.167. The molecule has 0 aliphatic heterocycles. The average molecular weight is 213 g/mol. The van der Waals surface area contributed by atoms with E-state index in [4.69, 9.17) is 0 Å². The quantitative estimate of drug-likeness (QED) is 0.407. The van der Waals surface area contributed by atoms with E-state index < -0.39 is 0 Å². The minimum absolute atomic E-state index is 0.0659. The first kappa shape index (κ1) is 10.3. The van der Waals surface area contributed by atoms with Crippen LogP contribution in [0.2, 0.25) is 0 Å². The van der Waals surface area contributed by atoms with Gasteiger partial charge in [-0.05, 0) is 0 Å². The Morgan fingerprint density at radius 2 is 2.57 bits per heavy atom. The van der Waals surface area contributed by atoms with E-state index in [1.807, 2.05) is 0 Å². The van der Waals surface area contributed by atoms with Gasteiger partial charge in [-0.1, -0.05) is 5.16 Å². The second-order valence-corrected chi connectivity index (χ2v) is 2.66. The molecule has 73 valence electrons. The van der Waals surface area contributed by atoms with Crippen LogP contribution in [0.1, 0.15) is 5.82 Å². The van der Waals surface area contributed by atoms with E-state index in [2.05, 4.69) is 24.7 Å². The molecule has 14 heavy (non-hydrogen) atoms. The van der Waals surface area contributed by atoms with Gasteiger partial charge in [-0.25, -0.2) is 0 Å². The SMILES string of the molecule is CON=C([C]=O)c1nsc(NC=O)n1. The van der Waals surface area contributed by atoms with Gasteiger partial charge < -0.3 is 10.2 Å². The lowest BCUT2D eigenvalue weighted by atomic mass is 10.4.